The first kappa shape index (κ1) is 19.4. The Morgan fingerprint density at radius 2 is 2.26 bits per heavy atom. The zero-order valence-electron chi connectivity index (χ0n) is 14.9. The van der Waals surface area contributed by atoms with Crippen LogP contribution < -0.4 is 9.47 Å². The van der Waals surface area contributed by atoms with Crippen LogP contribution in [0.3, 0.4) is 0 Å². The van der Waals surface area contributed by atoms with Crippen molar-refractivity contribution in [2.75, 3.05) is 13.7 Å². The zero-order valence-corrected chi connectivity index (χ0v) is 16.6. The third-order valence-electron chi connectivity index (χ3n) is 4.26. The number of carboxylic acid groups (broad SMARTS) is 1. The molecule has 0 aliphatic carbocycles. The first-order valence-corrected chi connectivity index (χ1v) is 9.65. The third kappa shape index (κ3) is 4.17. The standard InChI is InChI=1S/C19H19NO5S2/c1-11-13(9-12-5-3-6-14(24-2)17(12)25-11)10-15-18(23)20(19(26)27-15)8-4-7-16(21)22/h3,5-6,9-11H,4,7-8H2,1-2H3,(H,21,22). The summed E-state index contributed by atoms with van der Waals surface area (Å²) in [5, 5.41) is 8.75. The van der Waals surface area contributed by atoms with Crippen molar-refractivity contribution in [1.29, 1.82) is 0 Å². The first-order valence-electron chi connectivity index (χ1n) is 8.43. The van der Waals surface area contributed by atoms with E-state index in [1.807, 2.05) is 31.2 Å². The molecule has 142 valence electrons. The minimum absolute atomic E-state index is 0.00471. The number of thioether (sulfide) groups is 1. The van der Waals surface area contributed by atoms with Crippen molar-refractivity contribution in [2.45, 2.75) is 25.9 Å². The smallest absolute Gasteiger partial charge is 0.303 e. The van der Waals surface area contributed by atoms with Crippen molar-refractivity contribution >= 4 is 46.3 Å². The van der Waals surface area contributed by atoms with Crippen LogP contribution in [-0.4, -0.2) is 46.0 Å². The van der Waals surface area contributed by atoms with Gasteiger partial charge in [0.1, 0.15) is 10.4 Å². The maximum absolute atomic E-state index is 12.6. The molecule has 1 aromatic carbocycles. The molecule has 0 bridgehead atoms. The summed E-state index contributed by atoms with van der Waals surface area (Å²) < 4.78 is 11.8. The normalized spacial score (nSPS) is 20.4. The van der Waals surface area contributed by atoms with Crippen LogP contribution in [-0.2, 0) is 9.59 Å². The molecule has 1 amide bonds. The number of benzene rings is 1. The highest BCUT2D eigenvalue weighted by atomic mass is 32.2. The monoisotopic (exact) mass is 405 g/mol. The van der Waals surface area contributed by atoms with Crippen LogP contribution in [0.5, 0.6) is 11.5 Å². The quantitative estimate of drug-likeness (QED) is 0.574. The van der Waals surface area contributed by atoms with Gasteiger partial charge >= 0.3 is 5.97 Å². The molecule has 6 nitrogen and oxygen atoms in total. The minimum Gasteiger partial charge on any atom is -0.493 e. The van der Waals surface area contributed by atoms with Crippen LogP contribution >= 0.6 is 24.0 Å². The molecule has 2 heterocycles. The second-order valence-corrected chi connectivity index (χ2v) is 7.79. The Balaban J connectivity index is 1.81. The van der Waals surface area contributed by atoms with Gasteiger partial charge in [0, 0.05) is 18.5 Å². The second-order valence-electron chi connectivity index (χ2n) is 6.11. The third-order valence-corrected chi connectivity index (χ3v) is 5.64. The lowest BCUT2D eigenvalue weighted by molar-refractivity contribution is -0.137. The van der Waals surface area contributed by atoms with Crippen LogP contribution in [0.25, 0.3) is 6.08 Å². The van der Waals surface area contributed by atoms with Crippen molar-refractivity contribution in [3.05, 3.63) is 40.3 Å². The van der Waals surface area contributed by atoms with Crippen molar-refractivity contribution in [3.8, 4) is 11.5 Å². The van der Waals surface area contributed by atoms with Gasteiger partial charge in [0.2, 0.25) is 0 Å². The van der Waals surface area contributed by atoms with E-state index >= 15 is 0 Å². The number of carbonyl (C=O) groups excluding carboxylic acids is 1. The summed E-state index contributed by atoms with van der Waals surface area (Å²) in [6.45, 7) is 2.21. The summed E-state index contributed by atoms with van der Waals surface area (Å²) in [7, 11) is 1.60. The number of hydrogen-bond acceptors (Lipinski definition) is 6. The second kappa shape index (κ2) is 8.14. The SMILES string of the molecule is COc1cccc2c1OC(C)C(C=C1SC(=S)N(CCCC(=O)O)C1=O)=C2. The van der Waals surface area contributed by atoms with Crippen molar-refractivity contribution in [3.63, 3.8) is 0 Å². The Labute approximate surface area is 166 Å². The summed E-state index contributed by atoms with van der Waals surface area (Å²) in [6.07, 6.45) is 3.89. The number of methoxy groups -OCH3 is 1. The lowest BCUT2D eigenvalue weighted by atomic mass is 10.0. The minimum atomic E-state index is -0.886. The van der Waals surface area contributed by atoms with Gasteiger partial charge < -0.3 is 14.6 Å². The maximum atomic E-state index is 12.6. The number of aliphatic carboxylic acids is 1. The molecular formula is C19H19NO5S2. The van der Waals surface area contributed by atoms with Crippen molar-refractivity contribution in [1.82, 2.24) is 4.90 Å². The van der Waals surface area contributed by atoms with Crippen LogP contribution in [0.4, 0.5) is 0 Å². The molecule has 0 spiro atoms. The lowest BCUT2D eigenvalue weighted by Crippen LogP contribution is -2.29. The number of fused-ring (bicyclic) bond motifs is 1. The first-order chi connectivity index (χ1) is 12.9. The van der Waals surface area contributed by atoms with Gasteiger partial charge in [-0.05, 0) is 37.1 Å². The van der Waals surface area contributed by atoms with E-state index in [-0.39, 0.29) is 18.4 Å². The van der Waals surface area contributed by atoms with Gasteiger partial charge in [-0.2, -0.15) is 0 Å². The summed E-state index contributed by atoms with van der Waals surface area (Å²) >= 11 is 6.50. The van der Waals surface area contributed by atoms with Crippen LogP contribution in [0, 0.1) is 0 Å². The zero-order chi connectivity index (χ0) is 19.6. The van der Waals surface area contributed by atoms with E-state index in [2.05, 4.69) is 0 Å². The molecule has 1 atom stereocenters. The number of nitrogens with zero attached hydrogens (tertiary/aromatic N) is 1. The number of rotatable bonds is 6. The average Bonchev–Trinajstić information content (AvgIpc) is 2.89. The summed E-state index contributed by atoms with van der Waals surface area (Å²) in [5.74, 6) is 0.272. The highest BCUT2D eigenvalue weighted by Crippen LogP contribution is 2.39. The predicted octanol–water partition coefficient (Wildman–Crippen LogP) is 3.47. The van der Waals surface area contributed by atoms with Gasteiger partial charge in [-0.3, -0.25) is 14.5 Å². The van der Waals surface area contributed by atoms with Gasteiger partial charge in [-0.15, -0.1) is 0 Å². The number of amides is 1. The number of hydrogen-bond donors (Lipinski definition) is 1. The summed E-state index contributed by atoms with van der Waals surface area (Å²) in [6, 6.07) is 5.65. The van der Waals surface area contributed by atoms with Crippen LogP contribution in [0.1, 0.15) is 25.3 Å². The Bertz CT molecular complexity index is 862. The molecule has 1 unspecified atom stereocenters. The fourth-order valence-electron chi connectivity index (χ4n) is 2.87. The Morgan fingerprint density at radius 3 is 2.96 bits per heavy atom. The number of carboxylic acids is 1. The molecule has 1 fully saturated rings. The highest BCUT2D eigenvalue weighted by Gasteiger charge is 2.32. The fraction of sp³-hybridized carbons (Fsp3) is 0.316. The van der Waals surface area contributed by atoms with Crippen molar-refractivity contribution < 1.29 is 24.2 Å². The lowest BCUT2D eigenvalue weighted by Gasteiger charge is -2.24. The highest BCUT2D eigenvalue weighted by molar-refractivity contribution is 8.26. The van der Waals surface area contributed by atoms with Crippen LogP contribution in [0.15, 0.2) is 34.8 Å². The van der Waals surface area contributed by atoms with E-state index in [0.717, 1.165) is 11.1 Å². The van der Waals surface area contributed by atoms with Gasteiger partial charge in [0.15, 0.2) is 11.5 Å². The Hall–Kier alpha value is -2.32. The van der Waals surface area contributed by atoms with E-state index in [0.29, 0.717) is 33.7 Å². The van der Waals surface area contributed by atoms with E-state index in [1.165, 1.54) is 16.7 Å². The number of thiocarbonyl (C=S) groups is 1. The van der Waals surface area contributed by atoms with E-state index in [9.17, 15) is 9.59 Å². The number of para-hydroxylation sites is 1. The number of carbonyl (C=O) groups is 2. The molecule has 1 aromatic rings. The molecule has 0 aromatic heterocycles. The van der Waals surface area contributed by atoms with E-state index in [4.69, 9.17) is 26.8 Å². The number of ether oxygens (including phenoxy) is 2. The predicted molar refractivity (Wildman–Crippen MR) is 108 cm³/mol. The van der Waals surface area contributed by atoms with Crippen molar-refractivity contribution in [2.24, 2.45) is 0 Å². The molecule has 0 radical (unpaired) electrons. The Morgan fingerprint density at radius 1 is 1.48 bits per heavy atom. The fourth-order valence-corrected chi connectivity index (χ4v) is 4.18. The average molecular weight is 405 g/mol. The van der Waals surface area contributed by atoms with Gasteiger partial charge in [0.05, 0.1) is 12.0 Å². The topological polar surface area (TPSA) is 76.1 Å². The van der Waals surface area contributed by atoms with E-state index < -0.39 is 5.97 Å². The van der Waals surface area contributed by atoms with Gasteiger partial charge in [-0.25, -0.2) is 0 Å². The largest absolute Gasteiger partial charge is 0.493 e. The van der Waals surface area contributed by atoms with Gasteiger partial charge in [0.25, 0.3) is 5.91 Å². The molecular weight excluding hydrogens is 386 g/mol. The molecule has 0 saturated carbocycles. The Kier molecular flexibility index (Phi) is 5.86. The molecule has 2 aliphatic rings. The van der Waals surface area contributed by atoms with Gasteiger partial charge in [-0.1, -0.05) is 36.1 Å². The molecule has 8 heteroatoms. The molecule has 1 N–H and O–H groups in total. The molecule has 2 aliphatic heterocycles. The molecule has 27 heavy (non-hydrogen) atoms. The molecule has 1 saturated heterocycles. The summed E-state index contributed by atoms with van der Waals surface area (Å²) in [5.41, 5.74) is 1.75. The summed E-state index contributed by atoms with van der Waals surface area (Å²) in [4.78, 5) is 25.3. The van der Waals surface area contributed by atoms with Crippen LogP contribution in [0.2, 0.25) is 0 Å². The van der Waals surface area contributed by atoms with E-state index in [1.54, 1.807) is 13.2 Å². The maximum Gasteiger partial charge on any atom is 0.303 e. The molecule has 3 rings (SSSR count).